The molecule has 0 aliphatic rings. The van der Waals surface area contributed by atoms with E-state index in [0.29, 0.717) is 5.65 Å². The maximum Gasteiger partial charge on any atom is 0.225 e. The van der Waals surface area contributed by atoms with Crippen molar-refractivity contribution in [3.8, 4) is 0 Å². The molecular formula is C8H4ClN5S2. The lowest BCUT2D eigenvalue weighted by Crippen LogP contribution is -1.88. The van der Waals surface area contributed by atoms with Crippen LogP contribution >= 0.6 is 34.7 Å². The molecule has 3 aromatic rings. The van der Waals surface area contributed by atoms with Gasteiger partial charge < -0.3 is 4.98 Å². The minimum absolute atomic E-state index is 0.193. The van der Waals surface area contributed by atoms with Gasteiger partial charge in [-0.3, -0.25) is 0 Å². The molecule has 0 aliphatic carbocycles. The van der Waals surface area contributed by atoms with Gasteiger partial charge in [0.2, 0.25) is 5.28 Å². The molecule has 3 rings (SSSR count). The van der Waals surface area contributed by atoms with E-state index in [4.69, 9.17) is 11.6 Å². The van der Waals surface area contributed by atoms with Crippen molar-refractivity contribution in [2.24, 2.45) is 0 Å². The van der Waals surface area contributed by atoms with E-state index in [1.54, 1.807) is 23.9 Å². The second-order valence-corrected chi connectivity index (χ2v) is 5.27. The Hall–Kier alpha value is -1.18. The summed E-state index contributed by atoms with van der Waals surface area (Å²) in [4.78, 5) is 19.4. The SMILES string of the molecule is Clc1nc(Sc2nccs2)c2[nH]cnc2n1. The molecule has 0 bridgehead atoms. The fraction of sp³-hybridized carbons (Fsp3) is 0. The summed E-state index contributed by atoms with van der Waals surface area (Å²) < 4.78 is 0.908. The van der Waals surface area contributed by atoms with Gasteiger partial charge in [0.05, 0.1) is 6.33 Å². The number of hydrogen-bond acceptors (Lipinski definition) is 6. The summed E-state index contributed by atoms with van der Waals surface area (Å²) >= 11 is 8.81. The molecular weight excluding hydrogens is 266 g/mol. The van der Waals surface area contributed by atoms with Crippen LogP contribution in [0.2, 0.25) is 5.28 Å². The number of nitrogens with zero attached hydrogens (tertiary/aromatic N) is 4. The number of aromatic amines is 1. The molecule has 80 valence electrons. The van der Waals surface area contributed by atoms with Gasteiger partial charge in [0.1, 0.15) is 10.5 Å². The van der Waals surface area contributed by atoms with E-state index in [1.807, 2.05) is 5.38 Å². The summed E-state index contributed by atoms with van der Waals surface area (Å²) in [6, 6.07) is 0. The second-order valence-electron chi connectivity index (χ2n) is 2.80. The number of rotatable bonds is 2. The zero-order valence-corrected chi connectivity index (χ0v) is 10.1. The Morgan fingerprint density at radius 3 is 3.06 bits per heavy atom. The van der Waals surface area contributed by atoms with Crippen LogP contribution in [-0.4, -0.2) is 24.9 Å². The number of fused-ring (bicyclic) bond motifs is 1. The first-order chi connectivity index (χ1) is 7.83. The van der Waals surface area contributed by atoms with Crippen LogP contribution < -0.4 is 0 Å². The van der Waals surface area contributed by atoms with Gasteiger partial charge >= 0.3 is 0 Å². The maximum absolute atomic E-state index is 5.81. The topological polar surface area (TPSA) is 67.3 Å². The predicted molar refractivity (Wildman–Crippen MR) is 62.9 cm³/mol. The molecule has 1 N–H and O–H groups in total. The lowest BCUT2D eigenvalue weighted by Gasteiger charge is -1.98. The smallest absolute Gasteiger partial charge is 0.225 e. The summed E-state index contributed by atoms with van der Waals surface area (Å²) in [5.74, 6) is 0. The summed E-state index contributed by atoms with van der Waals surface area (Å²) in [5, 5.41) is 2.84. The van der Waals surface area contributed by atoms with Crippen molar-refractivity contribution in [1.29, 1.82) is 0 Å². The Labute approximate surface area is 103 Å². The molecule has 0 saturated heterocycles. The number of H-pyrrole nitrogens is 1. The molecule has 8 heteroatoms. The van der Waals surface area contributed by atoms with Crippen LogP contribution in [0.4, 0.5) is 0 Å². The molecule has 0 fully saturated rings. The minimum atomic E-state index is 0.193. The molecule has 5 nitrogen and oxygen atoms in total. The first-order valence-electron chi connectivity index (χ1n) is 4.27. The van der Waals surface area contributed by atoms with Crippen LogP contribution in [-0.2, 0) is 0 Å². The first-order valence-corrected chi connectivity index (χ1v) is 6.34. The highest BCUT2D eigenvalue weighted by molar-refractivity contribution is 8.01. The molecule has 0 unspecified atom stereocenters. The highest BCUT2D eigenvalue weighted by atomic mass is 35.5. The third kappa shape index (κ3) is 1.77. The van der Waals surface area contributed by atoms with Crippen LogP contribution in [0.3, 0.4) is 0 Å². The van der Waals surface area contributed by atoms with Crippen LogP contribution in [0.1, 0.15) is 0 Å². The maximum atomic E-state index is 5.81. The molecule has 3 aromatic heterocycles. The molecule has 16 heavy (non-hydrogen) atoms. The van der Waals surface area contributed by atoms with E-state index in [-0.39, 0.29) is 5.28 Å². The van der Waals surface area contributed by atoms with E-state index in [9.17, 15) is 0 Å². The summed E-state index contributed by atoms with van der Waals surface area (Å²) in [6.45, 7) is 0. The number of aromatic nitrogens is 5. The normalized spacial score (nSPS) is 11.1. The number of nitrogens with one attached hydrogen (secondary N) is 1. The minimum Gasteiger partial charge on any atom is -0.341 e. The van der Waals surface area contributed by atoms with Gasteiger partial charge in [-0.25, -0.2) is 15.0 Å². The van der Waals surface area contributed by atoms with Gasteiger partial charge in [0, 0.05) is 11.6 Å². The molecule has 0 atom stereocenters. The highest BCUT2D eigenvalue weighted by Gasteiger charge is 2.11. The van der Waals surface area contributed by atoms with Crippen molar-refractivity contribution in [3.05, 3.63) is 23.2 Å². The van der Waals surface area contributed by atoms with Crippen molar-refractivity contribution >= 4 is 45.9 Å². The van der Waals surface area contributed by atoms with Crippen LogP contribution in [0, 0.1) is 0 Å². The molecule has 0 amide bonds. The van der Waals surface area contributed by atoms with Crippen molar-refractivity contribution in [2.75, 3.05) is 0 Å². The summed E-state index contributed by atoms with van der Waals surface area (Å²) in [7, 11) is 0. The standard InChI is InChI=1S/C8H4ClN5S2/c9-7-13-5-4(11-3-12-5)6(14-7)16-8-10-1-2-15-8/h1-3H,(H,11,12,13,14). The summed E-state index contributed by atoms with van der Waals surface area (Å²) in [6.07, 6.45) is 3.32. The number of halogens is 1. The van der Waals surface area contributed by atoms with E-state index in [0.717, 1.165) is 14.9 Å². The van der Waals surface area contributed by atoms with Gasteiger partial charge in [0.25, 0.3) is 0 Å². The molecule has 0 radical (unpaired) electrons. The van der Waals surface area contributed by atoms with Gasteiger partial charge in [-0.15, -0.1) is 11.3 Å². The zero-order chi connectivity index (χ0) is 11.0. The average molecular weight is 270 g/mol. The predicted octanol–water partition coefficient (Wildman–Crippen LogP) is 2.61. The van der Waals surface area contributed by atoms with E-state index in [1.165, 1.54) is 11.8 Å². The van der Waals surface area contributed by atoms with Gasteiger partial charge in [-0.05, 0) is 23.4 Å². The fourth-order valence-electron chi connectivity index (χ4n) is 1.20. The highest BCUT2D eigenvalue weighted by Crippen LogP contribution is 2.31. The lowest BCUT2D eigenvalue weighted by atomic mass is 10.6. The average Bonchev–Trinajstić information content (AvgIpc) is 2.87. The Kier molecular flexibility index (Phi) is 2.50. The molecule has 3 heterocycles. The quantitative estimate of drug-likeness (QED) is 0.572. The van der Waals surface area contributed by atoms with E-state index >= 15 is 0 Å². The van der Waals surface area contributed by atoms with Crippen molar-refractivity contribution in [3.63, 3.8) is 0 Å². The molecule has 0 spiro atoms. The zero-order valence-electron chi connectivity index (χ0n) is 7.72. The Morgan fingerprint density at radius 1 is 1.31 bits per heavy atom. The molecule has 0 saturated carbocycles. The van der Waals surface area contributed by atoms with Crippen LogP contribution in [0.5, 0.6) is 0 Å². The van der Waals surface area contributed by atoms with Crippen molar-refractivity contribution < 1.29 is 0 Å². The Morgan fingerprint density at radius 2 is 2.25 bits per heavy atom. The summed E-state index contributed by atoms with van der Waals surface area (Å²) in [5.41, 5.74) is 1.35. The third-order valence-corrected chi connectivity index (χ3v) is 3.86. The Bertz CT molecular complexity index is 620. The number of thiazole rings is 1. The van der Waals surface area contributed by atoms with E-state index < -0.39 is 0 Å². The van der Waals surface area contributed by atoms with Crippen LogP contribution in [0.15, 0.2) is 27.3 Å². The molecule has 0 aliphatic heterocycles. The second kappa shape index (κ2) is 4.00. The lowest BCUT2D eigenvalue weighted by molar-refractivity contribution is 1.08. The van der Waals surface area contributed by atoms with Gasteiger partial charge in [0.15, 0.2) is 9.99 Å². The monoisotopic (exact) mass is 269 g/mol. The van der Waals surface area contributed by atoms with Gasteiger partial charge in [-0.2, -0.15) is 4.98 Å². The molecule has 0 aromatic carbocycles. The number of hydrogen-bond donors (Lipinski definition) is 1. The first kappa shape index (κ1) is 10.0. The van der Waals surface area contributed by atoms with Crippen molar-refractivity contribution in [1.82, 2.24) is 24.9 Å². The van der Waals surface area contributed by atoms with Crippen molar-refractivity contribution in [2.45, 2.75) is 9.37 Å². The van der Waals surface area contributed by atoms with Crippen LogP contribution in [0.25, 0.3) is 11.2 Å². The largest absolute Gasteiger partial charge is 0.341 e. The third-order valence-electron chi connectivity index (χ3n) is 1.82. The van der Waals surface area contributed by atoms with Gasteiger partial charge in [-0.1, -0.05) is 0 Å². The fourth-order valence-corrected chi connectivity index (χ4v) is 3.03. The van der Waals surface area contributed by atoms with E-state index in [2.05, 4.69) is 24.9 Å². The number of imidazole rings is 1. The Balaban J connectivity index is 2.11.